The van der Waals surface area contributed by atoms with Crippen LogP contribution in [0.5, 0.6) is 5.75 Å². The van der Waals surface area contributed by atoms with Crippen molar-refractivity contribution in [2.45, 2.75) is 25.6 Å². The first-order valence-corrected chi connectivity index (χ1v) is 11.5. The van der Waals surface area contributed by atoms with Crippen molar-refractivity contribution in [1.82, 2.24) is 19.9 Å². The van der Waals surface area contributed by atoms with Crippen molar-refractivity contribution >= 4 is 56.0 Å². The quantitative estimate of drug-likeness (QED) is 0.305. The molecule has 0 aliphatic rings. The molecule has 0 radical (unpaired) electrons. The van der Waals surface area contributed by atoms with E-state index in [0.717, 1.165) is 15.8 Å². The van der Waals surface area contributed by atoms with Gasteiger partial charge >= 0.3 is 0 Å². The van der Waals surface area contributed by atoms with Gasteiger partial charge in [-0.1, -0.05) is 40.8 Å². The van der Waals surface area contributed by atoms with Crippen LogP contribution in [0.4, 0.5) is 5.13 Å². The number of nitrogens with one attached hydrogen (secondary N) is 1. The number of anilines is 1. The van der Waals surface area contributed by atoms with Gasteiger partial charge in [0.15, 0.2) is 11.0 Å². The number of benzene rings is 2. The zero-order chi connectivity index (χ0) is 22.0. The van der Waals surface area contributed by atoms with Crippen molar-refractivity contribution in [2.24, 2.45) is 0 Å². The van der Waals surface area contributed by atoms with Gasteiger partial charge in [-0.25, -0.2) is 9.66 Å². The molecule has 0 aliphatic carbocycles. The van der Waals surface area contributed by atoms with Crippen LogP contribution in [-0.4, -0.2) is 31.5 Å². The molecular formula is C20H19ClN6O2S2. The third-order valence-electron chi connectivity index (χ3n) is 4.33. The summed E-state index contributed by atoms with van der Waals surface area (Å²) in [4.78, 5) is 16.9. The van der Waals surface area contributed by atoms with Gasteiger partial charge in [-0.2, -0.15) is 0 Å². The van der Waals surface area contributed by atoms with Crippen LogP contribution in [0.1, 0.15) is 17.0 Å². The lowest BCUT2D eigenvalue weighted by atomic mass is 10.1. The highest BCUT2D eigenvalue weighted by atomic mass is 35.5. The first-order chi connectivity index (χ1) is 14.9. The standard InChI is InChI=1S/C20H19ClN6O2S2/c1-11-7-12(2)18-15(8-11)31-19(24-18)23-17(28)10-30-20-26-25-16(27(20)22)9-29-14-5-3-13(21)4-6-14/h3-8H,9-10,22H2,1-2H3,(H,23,24,28). The van der Waals surface area contributed by atoms with Crippen LogP contribution in [0.3, 0.4) is 0 Å². The largest absolute Gasteiger partial charge is 0.486 e. The average Bonchev–Trinajstić information content (AvgIpc) is 3.29. The molecule has 0 saturated heterocycles. The van der Waals surface area contributed by atoms with E-state index in [9.17, 15) is 4.79 Å². The molecule has 31 heavy (non-hydrogen) atoms. The van der Waals surface area contributed by atoms with Crippen LogP contribution in [0.2, 0.25) is 5.02 Å². The maximum atomic E-state index is 12.4. The van der Waals surface area contributed by atoms with Crippen LogP contribution in [0.25, 0.3) is 10.2 Å². The van der Waals surface area contributed by atoms with Gasteiger partial charge in [0.05, 0.1) is 16.0 Å². The van der Waals surface area contributed by atoms with Crippen molar-refractivity contribution in [3.8, 4) is 5.75 Å². The van der Waals surface area contributed by atoms with Crippen molar-refractivity contribution in [1.29, 1.82) is 0 Å². The number of nitrogens with two attached hydrogens (primary N) is 1. The van der Waals surface area contributed by atoms with Gasteiger partial charge in [-0.3, -0.25) is 4.79 Å². The summed E-state index contributed by atoms with van der Waals surface area (Å²) >= 11 is 8.50. The van der Waals surface area contributed by atoms with Crippen LogP contribution in [-0.2, 0) is 11.4 Å². The molecule has 0 aliphatic heterocycles. The molecule has 2 heterocycles. The van der Waals surface area contributed by atoms with Gasteiger partial charge < -0.3 is 15.9 Å². The minimum absolute atomic E-state index is 0.126. The summed E-state index contributed by atoms with van der Waals surface area (Å²) < 4.78 is 8.00. The number of aryl methyl sites for hydroxylation is 2. The lowest BCUT2D eigenvalue weighted by Gasteiger charge is -2.06. The van der Waals surface area contributed by atoms with Crippen molar-refractivity contribution in [3.63, 3.8) is 0 Å². The molecule has 160 valence electrons. The lowest BCUT2D eigenvalue weighted by molar-refractivity contribution is -0.113. The molecule has 2 aromatic carbocycles. The Kier molecular flexibility index (Phi) is 6.30. The smallest absolute Gasteiger partial charge is 0.236 e. The van der Waals surface area contributed by atoms with Crippen molar-refractivity contribution < 1.29 is 9.53 Å². The predicted molar refractivity (Wildman–Crippen MR) is 124 cm³/mol. The second-order valence-corrected chi connectivity index (χ2v) is 9.21. The number of hydrogen-bond donors (Lipinski definition) is 2. The Balaban J connectivity index is 1.33. The molecule has 2 aromatic heterocycles. The molecule has 0 atom stereocenters. The fraction of sp³-hybridized carbons (Fsp3) is 0.200. The van der Waals surface area contributed by atoms with E-state index in [0.29, 0.717) is 26.9 Å². The number of rotatable bonds is 7. The van der Waals surface area contributed by atoms with Crippen LogP contribution < -0.4 is 15.9 Å². The van der Waals surface area contributed by atoms with Crippen LogP contribution in [0.15, 0.2) is 41.6 Å². The maximum absolute atomic E-state index is 12.4. The number of carbonyl (C=O) groups is 1. The summed E-state index contributed by atoms with van der Waals surface area (Å²) in [6.45, 7) is 4.19. The second kappa shape index (κ2) is 9.13. The molecule has 11 heteroatoms. The second-order valence-electron chi connectivity index (χ2n) is 6.80. The minimum Gasteiger partial charge on any atom is -0.486 e. The molecular weight excluding hydrogens is 456 g/mol. The number of thioether (sulfide) groups is 1. The fourth-order valence-electron chi connectivity index (χ4n) is 2.89. The number of amides is 1. The topological polar surface area (TPSA) is 108 Å². The third-order valence-corrected chi connectivity index (χ3v) is 6.44. The normalized spacial score (nSPS) is 11.1. The van der Waals surface area contributed by atoms with E-state index in [-0.39, 0.29) is 18.3 Å². The minimum atomic E-state index is -0.194. The van der Waals surface area contributed by atoms with Gasteiger partial charge in [0, 0.05) is 5.02 Å². The maximum Gasteiger partial charge on any atom is 0.236 e. The first kappa shape index (κ1) is 21.4. The van der Waals surface area contributed by atoms with Crippen molar-refractivity contribution in [2.75, 3.05) is 16.9 Å². The Morgan fingerprint density at radius 2 is 2.03 bits per heavy atom. The summed E-state index contributed by atoms with van der Waals surface area (Å²) in [6, 6.07) is 11.1. The monoisotopic (exact) mass is 474 g/mol. The zero-order valence-electron chi connectivity index (χ0n) is 16.8. The van der Waals surface area contributed by atoms with E-state index in [2.05, 4.69) is 32.6 Å². The Hall–Kier alpha value is -2.82. The average molecular weight is 475 g/mol. The number of ether oxygens (including phenoxy) is 1. The highest BCUT2D eigenvalue weighted by molar-refractivity contribution is 7.99. The van der Waals surface area contributed by atoms with Crippen LogP contribution >= 0.6 is 34.7 Å². The highest BCUT2D eigenvalue weighted by Gasteiger charge is 2.15. The van der Waals surface area contributed by atoms with E-state index < -0.39 is 0 Å². The first-order valence-electron chi connectivity index (χ1n) is 9.27. The molecule has 4 aromatic rings. The molecule has 0 saturated carbocycles. The number of fused-ring (bicyclic) bond motifs is 1. The van der Waals surface area contributed by atoms with Crippen LogP contribution in [0, 0.1) is 13.8 Å². The number of nitrogen functional groups attached to an aromatic ring is 1. The number of hydrogen-bond acceptors (Lipinski definition) is 8. The zero-order valence-corrected chi connectivity index (χ0v) is 19.1. The molecule has 0 unspecified atom stereocenters. The van der Waals surface area contributed by atoms with Gasteiger partial charge in [0.1, 0.15) is 12.4 Å². The van der Waals surface area contributed by atoms with Gasteiger partial charge in [0.25, 0.3) is 0 Å². The van der Waals surface area contributed by atoms with E-state index in [1.54, 1.807) is 24.3 Å². The molecule has 8 nitrogen and oxygen atoms in total. The lowest BCUT2D eigenvalue weighted by Crippen LogP contribution is -2.18. The molecule has 0 spiro atoms. The van der Waals surface area contributed by atoms with E-state index in [4.69, 9.17) is 22.2 Å². The Bertz CT molecular complexity index is 1240. The summed E-state index contributed by atoms with van der Waals surface area (Å²) in [5, 5.41) is 12.5. The fourth-order valence-corrected chi connectivity index (χ4v) is 4.75. The highest BCUT2D eigenvalue weighted by Crippen LogP contribution is 2.29. The van der Waals surface area contributed by atoms with Crippen molar-refractivity contribution in [3.05, 3.63) is 58.4 Å². The Labute approximate surface area is 191 Å². The Morgan fingerprint density at radius 3 is 2.81 bits per heavy atom. The summed E-state index contributed by atoms with van der Waals surface area (Å²) in [5.74, 6) is 7.05. The van der Waals surface area contributed by atoms with E-state index >= 15 is 0 Å². The van der Waals surface area contributed by atoms with Gasteiger partial charge in [0.2, 0.25) is 11.1 Å². The third kappa shape index (κ3) is 5.09. The summed E-state index contributed by atoms with van der Waals surface area (Å²) in [6.07, 6.45) is 0. The number of nitrogens with zero attached hydrogens (tertiary/aromatic N) is 4. The molecule has 4 rings (SSSR count). The van der Waals surface area contributed by atoms with E-state index in [1.807, 2.05) is 13.8 Å². The molecule has 1 amide bonds. The Morgan fingerprint density at radius 1 is 1.26 bits per heavy atom. The SMILES string of the molecule is Cc1cc(C)c2nc(NC(=O)CSc3nnc(COc4ccc(Cl)cc4)n3N)sc2c1. The number of halogens is 1. The molecule has 0 fully saturated rings. The number of carbonyl (C=O) groups excluding carboxylic acids is 1. The molecule has 3 N–H and O–H groups in total. The predicted octanol–water partition coefficient (Wildman–Crippen LogP) is 4.18. The van der Waals surface area contributed by atoms with E-state index in [1.165, 1.54) is 33.3 Å². The van der Waals surface area contributed by atoms with Gasteiger partial charge in [-0.05, 0) is 55.3 Å². The van der Waals surface area contributed by atoms with Gasteiger partial charge in [-0.15, -0.1) is 10.2 Å². The number of aromatic nitrogens is 4. The number of thiazole rings is 1. The summed E-state index contributed by atoms with van der Waals surface area (Å²) in [5.41, 5.74) is 3.16. The summed E-state index contributed by atoms with van der Waals surface area (Å²) in [7, 11) is 0. The molecule has 0 bridgehead atoms.